The highest BCUT2D eigenvalue weighted by Gasteiger charge is 2.17. The van der Waals surface area contributed by atoms with Crippen LogP contribution in [0, 0.1) is 13.8 Å². The Morgan fingerprint density at radius 2 is 2.05 bits per heavy atom. The zero-order valence-corrected chi connectivity index (χ0v) is 12.4. The highest BCUT2D eigenvalue weighted by atomic mass is 16.4. The molecular weight excluding hydrogens is 252 g/mol. The lowest BCUT2D eigenvalue weighted by Gasteiger charge is -2.09. The topological polar surface area (TPSA) is 68.2 Å². The molecule has 0 aliphatic rings. The van der Waals surface area contributed by atoms with Gasteiger partial charge in [0, 0.05) is 24.2 Å². The molecule has 2 aromatic rings. The SMILES string of the molecule is CCCc1c(C)n(CCN)c2c(C)cc(C(=O)O)cc12. The minimum absolute atomic E-state index is 0.359. The van der Waals surface area contributed by atoms with Crippen LogP contribution in [0.15, 0.2) is 12.1 Å². The molecule has 0 saturated carbocycles. The average molecular weight is 274 g/mol. The van der Waals surface area contributed by atoms with Crippen molar-refractivity contribution in [2.24, 2.45) is 5.73 Å². The van der Waals surface area contributed by atoms with Crippen LogP contribution in [-0.2, 0) is 13.0 Å². The minimum Gasteiger partial charge on any atom is -0.478 e. The second-order valence-electron chi connectivity index (χ2n) is 5.25. The molecule has 1 heterocycles. The molecule has 0 spiro atoms. The number of rotatable bonds is 5. The fourth-order valence-electron chi connectivity index (χ4n) is 2.99. The number of nitrogens with zero attached hydrogens (tertiary/aromatic N) is 1. The van der Waals surface area contributed by atoms with Crippen molar-refractivity contribution in [3.8, 4) is 0 Å². The van der Waals surface area contributed by atoms with E-state index in [-0.39, 0.29) is 0 Å². The molecule has 4 heteroatoms. The van der Waals surface area contributed by atoms with Gasteiger partial charge in [-0.15, -0.1) is 0 Å². The van der Waals surface area contributed by atoms with Crippen molar-refractivity contribution in [1.82, 2.24) is 4.57 Å². The Morgan fingerprint density at radius 3 is 2.60 bits per heavy atom. The predicted molar refractivity (Wildman–Crippen MR) is 81.4 cm³/mol. The number of aromatic nitrogens is 1. The van der Waals surface area contributed by atoms with E-state index in [1.54, 1.807) is 12.1 Å². The first kappa shape index (κ1) is 14.6. The maximum Gasteiger partial charge on any atom is 0.335 e. The molecule has 1 aromatic heterocycles. The number of hydrogen-bond acceptors (Lipinski definition) is 2. The van der Waals surface area contributed by atoms with Crippen LogP contribution in [-0.4, -0.2) is 22.2 Å². The third-order valence-electron chi connectivity index (χ3n) is 3.84. The molecule has 0 amide bonds. The van der Waals surface area contributed by atoms with E-state index in [0.29, 0.717) is 12.1 Å². The Hall–Kier alpha value is -1.81. The quantitative estimate of drug-likeness (QED) is 0.881. The largest absolute Gasteiger partial charge is 0.478 e. The summed E-state index contributed by atoms with van der Waals surface area (Å²) in [7, 11) is 0. The van der Waals surface area contributed by atoms with Crippen LogP contribution in [0.5, 0.6) is 0 Å². The Bertz CT molecular complexity index is 656. The summed E-state index contributed by atoms with van der Waals surface area (Å²) in [5, 5.41) is 10.3. The van der Waals surface area contributed by atoms with Gasteiger partial charge in [-0.3, -0.25) is 0 Å². The maximum atomic E-state index is 11.3. The van der Waals surface area contributed by atoms with Crippen molar-refractivity contribution in [3.63, 3.8) is 0 Å². The van der Waals surface area contributed by atoms with Gasteiger partial charge in [-0.2, -0.15) is 0 Å². The number of fused-ring (bicyclic) bond motifs is 1. The van der Waals surface area contributed by atoms with Crippen LogP contribution < -0.4 is 5.73 Å². The van der Waals surface area contributed by atoms with Gasteiger partial charge in [-0.05, 0) is 43.5 Å². The van der Waals surface area contributed by atoms with Gasteiger partial charge in [0.2, 0.25) is 0 Å². The molecule has 0 aliphatic heterocycles. The Kier molecular flexibility index (Phi) is 4.14. The molecule has 20 heavy (non-hydrogen) atoms. The lowest BCUT2D eigenvalue weighted by molar-refractivity contribution is 0.0697. The normalized spacial score (nSPS) is 11.2. The summed E-state index contributed by atoms with van der Waals surface area (Å²) in [5.74, 6) is -0.873. The van der Waals surface area contributed by atoms with Crippen LogP contribution >= 0.6 is 0 Å². The van der Waals surface area contributed by atoms with E-state index in [1.165, 1.54) is 11.3 Å². The predicted octanol–water partition coefficient (Wildman–Crippen LogP) is 2.87. The summed E-state index contributed by atoms with van der Waals surface area (Å²) in [5.41, 5.74) is 10.7. The van der Waals surface area contributed by atoms with E-state index in [1.807, 2.05) is 6.92 Å². The first-order valence-corrected chi connectivity index (χ1v) is 7.06. The van der Waals surface area contributed by atoms with Gasteiger partial charge >= 0.3 is 5.97 Å². The van der Waals surface area contributed by atoms with Gasteiger partial charge in [0.15, 0.2) is 0 Å². The van der Waals surface area contributed by atoms with Crippen molar-refractivity contribution in [2.45, 2.75) is 40.2 Å². The molecule has 0 fully saturated rings. The Labute approximate surface area is 119 Å². The first-order valence-electron chi connectivity index (χ1n) is 7.06. The van der Waals surface area contributed by atoms with E-state index in [2.05, 4.69) is 18.4 Å². The highest BCUT2D eigenvalue weighted by Crippen LogP contribution is 2.30. The first-order chi connectivity index (χ1) is 9.51. The van der Waals surface area contributed by atoms with Gasteiger partial charge in [0.05, 0.1) is 11.1 Å². The third kappa shape index (κ3) is 2.31. The molecule has 0 bridgehead atoms. The second kappa shape index (κ2) is 5.67. The number of hydrogen-bond donors (Lipinski definition) is 2. The summed E-state index contributed by atoms with van der Waals surface area (Å²) in [6.45, 7) is 7.55. The van der Waals surface area contributed by atoms with E-state index in [0.717, 1.165) is 35.9 Å². The number of carboxylic acid groups (broad SMARTS) is 1. The molecule has 3 N–H and O–H groups in total. The molecule has 1 aromatic carbocycles. The molecule has 0 saturated heterocycles. The zero-order valence-electron chi connectivity index (χ0n) is 12.4. The smallest absolute Gasteiger partial charge is 0.335 e. The lowest BCUT2D eigenvalue weighted by Crippen LogP contribution is -2.11. The van der Waals surface area contributed by atoms with Crippen molar-refractivity contribution in [3.05, 3.63) is 34.5 Å². The molecule has 108 valence electrons. The maximum absolute atomic E-state index is 11.3. The summed E-state index contributed by atoms with van der Waals surface area (Å²) >= 11 is 0. The van der Waals surface area contributed by atoms with Crippen LogP contribution in [0.1, 0.15) is 40.5 Å². The number of aryl methyl sites for hydroxylation is 2. The number of benzene rings is 1. The fraction of sp³-hybridized carbons (Fsp3) is 0.438. The molecule has 0 atom stereocenters. The van der Waals surface area contributed by atoms with E-state index < -0.39 is 5.97 Å². The van der Waals surface area contributed by atoms with Crippen LogP contribution in [0.2, 0.25) is 0 Å². The van der Waals surface area contributed by atoms with Gasteiger partial charge in [-0.1, -0.05) is 13.3 Å². The second-order valence-corrected chi connectivity index (χ2v) is 5.25. The monoisotopic (exact) mass is 274 g/mol. The molecule has 0 aliphatic carbocycles. The van der Waals surface area contributed by atoms with Crippen LogP contribution in [0.25, 0.3) is 10.9 Å². The molecule has 2 rings (SSSR count). The average Bonchev–Trinajstić information content (AvgIpc) is 2.65. The summed E-state index contributed by atoms with van der Waals surface area (Å²) in [4.78, 5) is 11.3. The number of carboxylic acids is 1. The molecule has 4 nitrogen and oxygen atoms in total. The van der Waals surface area contributed by atoms with Crippen molar-refractivity contribution in [2.75, 3.05) is 6.54 Å². The Balaban J connectivity index is 2.81. The van der Waals surface area contributed by atoms with Gasteiger partial charge in [0.25, 0.3) is 0 Å². The van der Waals surface area contributed by atoms with Crippen molar-refractivity contribution >= 4 is 16.9 Å². The fourth-order valence-corrected chi connectivity index (χ4v) is 2.99. The van der Waals surface area contributed by atoms with Gasteiger partial charge in [-0.25, -0.2) is 4.79 Å². The van der Waals surface area contributed by atoms with Crippen LogP contribution in [0.3, 0.4) is 0 Å². The van der Waals surface area contributed by atoms with Crippen molar-refractivity contribution in [1.29, 1.82) is 0 Å². The molecular formula is C16H22N2O2. The van der Waals surface area contributed by atoms with E-state index in [9.17, 15) is 9.90 Å². The highest BCUT2D eigenvalue weighted by molar-refractivity contribution is 5.97. The number of aromatic carboxylic acids is 1. The molecule has 0 unspecified atom stereocenters. The summed E-state index contributed by atoms with van der Waals surface area (Å²) < 4.78 is 2.22. The van der Waals surface area contributed by atoms with Crippen molar-refractivity contribution < 1.29 is 9.90 Å². The van der Waals surface area contributed by atoms with E-state index >= 15 is 0 Å². The van der Waals surface area contributed by atoms with Gasteiger partial charge in [0.1, 0.15) is 0 Å². The number of nitrogens with two attached hydrogens (primary N) is 1. The zero-order chi connectivity index (χ0) is 14.9. The minimum atomic E-state index is -0.873. The number of carbonyl (C=O) groups is 1. The summed E-state index contributed by atoms with van der Waals surface area (Å²) in [6, 6.07) is 3.54. The third-order valence-corrected chi connectivity index (χ3v) is 3.84. The summed E-state index contributed by atoms with van der Waals surface area (Å²) in [6.07, 6.45) is 2.00. The van der Waals surface area contributed by atoms with Crippen LogP contribution in [0.4, 0.5) is 0 Å². The lowest BCUT2D eigenvalue weighted by atomic mass is 10.0. The standard InChI is InChI=1S/C16H22N2O2/c1-4-5-13-11(3)18(7-6-17)15-10(2)8-12(16(19)20)9-14(13)15/h8-9H,4-7,17H2,1-3H3,(H,19,20). The molecule has 0 radical (unpaired) electrons. The van der Waals surface area contributed by atoms with E-state index in [4.69, 9.17) is 5.73 Å². The van der Waals surface area contributed by atoms with Gasteiger partial charge < -0.3 is 15.4 Å². The Morgan fingerprint density at radius 1 is 1.35 bits per heavy atom.